The SMILES string of the molecule is O=C(OC(c1ccccc1)c1ccccc1)c1ccccc1.O=[PH](O)O. The Kier molecular flexibility index (Phi) is 7.77. The van der Waals surface area contributed by atoms with Gasteiger partial charge < -0.3 is 14.5 Å². The van der Waals surface area contributed by atoms with E-state index in [1.165, 1.54) is 0 Å². The molecule has 6 heteroatoms. The first-order chi connectivity index (χ1) is 12.6. The zero-order chi connectivity index (χ0) is 18.8. The van der Waals surface area contributed by atoms with E-state index in [4.69, 9.17) is 19.1 Å². The fraction of sp³-hybridized carbons (Fsp3) is 0.0500. The maximum Gasteiger partial charge on any atom is 0.339 e. The van der Waals surface area contributed by atoms with E-state index in [0.717, 1.165) is 11.1 Å². The van der Waals surface area contributed by atoms with Crippen molar-refractivity contribution in [2.75, 3.05) is 0 Å². The van der Waals surface area contributed by atoms with Gasteiger partial charge in [-0.25, -0.2) is 4.79 Å². The van der Waals surface area contributed by atoms with Crippen LogP contribution >= 0.6 is 8.25 Å². The maximum absolute atomic E-state index is 12.4. The normalized spacial score (nSPS) is 10.2. The van der Waals surface area contributed by atoms with Gasteiger partial charge in [0, 0.05) is 0 Å². The molecule has 0 spiro atoms. The summed E-state index contributed by atoms with van der Waals surface area (Å²) in [7, 11) is -3.13. The van der Waals surface area contributed by atoms with Crippen LogP contribution in [0.2, 0.25) is 0 Å². The minimum atomic E-state index is -3.13. The third kappa shape index (κ3) is 6.30. The summed E-state index contributed by atoms with van der Waals surface area (Å²) in [5.41, 5.74) is 2.47. The zero-order valence-corrected chi connectivity index (χ0v) is 14.9. The number of rotatable bonds is 4. The van der Waals surface area contributed by atoms with E-state index >= 15 is 0 Å². The van der Waals surface area contributed by atoms with Gasteiger partial charge in [0.1, 0.15) is 0 Å². The highest BCUT2D eigenvalue weighted by Gasteiger charge is 2.19. The third-order valence-corrected chi connectivity index (χ3v) is 3.44. The van der Waals surface area contributed by atoms with Crippen LogP contribution in [0, 0.1) is 0 Å². The Morgan fingerprint density at radius 3 is 1.46 bits per heavy atom. The lowest BCUT2D eigenvalue weighted by atomic mass is 10.0. The van der Waals surface area contributed by atoms with E-state index in [1.807, 2.05) is 78.9 Å². The third-order valence-electron chi connectivity index (χ3n) is 3.44. The van der Waals surface area contributed by atoms with Gasteiger partial charge in [0.05, 0.1) is 5.56 Å². The fourth-order valence-corrected chi connectivity index (χ4v) is 2.33. The van der Waals surface area contributed by atoms with Crippen LogP contribution < -0.4 is 0 Å². The van der Waals surface area contributed by atoms with E-state index in [9.17, 15) is 4.79 Å². The Balaban J connectivity index is 0.000000552. The summed E-state index contributed by atoms with van der Waals surface area (Å²) in [4.78, 5) is 26.7. The first kappa shape index (κ1) is 19.6. The Hall–Kier alpha value is -2.72. The van der Waals surface area contributed by atoms with Gasteiger partial charge in [0.25, 0.3) is 0 Å². The monoisotopic (exact) mass is 370 g/mol. The van der Waals surface area contributed by atoms with Crippen molar-refractivity contribution >= 4 is 14.2 Å². The summed E-state index contributed by atoms with van der Waals surface area (Å²) in [5.74, 6) is -0.321. The zero-order valence-electron chi connectivity index (χ0n) is 13.9. The number of benzene rings is 3. The van der Waals surface area contributed by atoms with Crippen LogP contribution in [-0.2, 0) is 9.30 Å². The molecule has 134 valence electrons. The second kappa shape index (κ2) is 10.3. The summed E-state index contributed by atoms with van der Waals surface area (Å²) in [6, 6.07) is 28.6. The lowest BCUT2D eigenvalue weighted by Gasteiger charge is -2.19. The topological polar surface area (TPSA) is 83.8 Å². The van der Waals surface area contributed by atoms with E-state index in [1.54, 1.807) is 12.1 Å². The lowest BCUT2D eigenvalue weighted by molar-refractivity contribution is 0.0378. The highest BCUT2D eigenvalue weighted by molar-refractivity contribution is 7.30. The molecule has 2 N–H and O–H groups in total. The molecule has 3 aromatic rings. The minimum Gasteiger partial charge on any atom is -0.449 e. The Morgan fingerprint density at radius 2 is 1.08 bits per heavy atom. The number of carbonyl (C=O) groups is 1. The van der Waals surface area contributed by atoms with Gasteiger partial charge in [-0.2, -0.15) is 0 Å². The number of hydrogen-bond acceptors (Lipinski definition) is 3. The standard InChI is InChI=1S/C20H16O2.H3O3P/c21-20(18-14-8-3-9-15-18)22-19(16-10-4-1-5-11-16)17-12-6-2-7-13-17;1-4(2)3/h1-15,19H;4H,(H2,1,2,3). The molecule has 0 saturated heterocycles. The van der Waals surface area contributed by atoms with Crippen molar-refractivity contribution in [1.82, 2.24) is 0 Å². The number of ether oxygens (including phenoxy) is 1. The Bertz CT molecular complexity index is 779. The summed E-state index contributed by atoms with van der Waals surface area (Å²) in [6.45, 7) is 0. The molecule has 0 radical (unpaired) electrons. The van der Waals surface area contributed by atoms with Crippen LogP contribution in [0.5, 0.6) is 0 Å². The van der Waals surface area contributed by atoms with Crippen LogP contribution in [0.3, 0.4) is 0 Å². The van der Waals surface area contributed by atoms with E-state index in [-0.39, 0.29) is 5.97 Å². The predicted octanol–water partition coefficient (Wildman–Crippen LogP) is 3.99. The van der Waals surface area contributed by atoms with Crippen molar-refractivity contribution in [3.05, 3.63) is 108 Å². The fourth-order valence-electron chi connectivity index (χ4n) is 2.33. The maximum atomic E-state index is 12.4. The van der Waals surface area contributed by atoms with Crippen LogP contribution in [0.15, 0.2) is 91.0 Å². The summed E-state index contributed by atoms with van der Waals surface area (Å²) in [6.07, 6.45) is -0.407. The van der Waals surface area contributed by atoms with Gasteiger partial charge >= 0.3 is 14.2 Å². The first-order valence-corrected chi connectivity index (χ1v) is 9.16. The summed E-state index contributed by atoms with van der Waals surface area (Å²) >= 11 is 0. The second-order valence-electron chi connectivity index (χ2n) is 5.26. The molecule has 0 saturated carbocycles. The number of carbonyl (C=O) groups excluding carboxylic acids is 1. The van der Waals surface area contributed by atoms with Gasteiger partial charge in [0.2, 0.25) is 0 Å². The molecule has 0 unspecified atom stereocenters. The second-order valence-corrected chi connectivity index (χ2v) is 5.82. The molecule has 5 nitrogen and oxygen atoms in total. The highest BCUT2D eigenvalue weighted by atomic mass is 31.1. The van der Waals surface area contributed by atoms with Crippen LogP contribution in [0.4, 0.5) is 0 Å². The molecular weight excluding hydrogens is 351 g/mol. The van der Waals surface area contributed by atoms with Crippen molar-refractivity contribution in [3.8, 4) is 0 Å². The molecule has 0 aliphatic heterocycles. The van der Waals surface area contributed by atoms with Crippen LogP contribution in [-0.4, -0.2) is 15.8 Å². The number of esters is 1. The molecule has 0 amide bonds. The molecule has 0 fully saturated rings. The Morgan fingerprint density at radius 1 is 0.731 bits per heavy atom. The molecule has 3 rings (SSSR count). The quantitative estimate of drug-likeness (QED) is 0.536. The lowest BCUT2D eigenvalue weighted by Crippen LogP contribution is -2.12. The van der Waals surface area contributed by atoms with Crippen molar-refractivity contribution in [3.63, 3.8) is 0 Å². The largest absolute Gasteiger partial charge is 0.449 e. The molecule has 26 heavy (non-hydrogen) atoms. The van der Waals surface area contributed by atoms with Crippen LogP contribution in [0.1, 0.15) is 27.6 Å². The van der Waals surface area contributed by atoms with E-state index in [0.29, 0.717) is 5.56 Å². The first-order valence-electron chi connectivity index (χ1n) is 7.85. The molecule has 0 aromatic heterocycles. The average molecular weight is 370 g/mol. The minimum absolute atomic E-state index is 0.321. The molecule has 0 bridgehead atoms. The summed E-state index contributed by atoms with van der Waals surface area (Å²) in [5, 5.41) is 0. The van der Waals surface area contributed by atoms with Crippen molar-refractivity contribution in [2.24, 2.45) is 0 Å². The van der Waals surface area contributed by atoms with E-state index < -0.39 is 14.4 Å². The smallest absolute Gasteiger partial charge is 0.339 e. The molecule has 0 heterocycles. The van der Waals surface area contributed by atoms with Crippen molar-refractivity contribution < 1.29 is 23.9 Å². The molecular formula is C20H19O5P. The van der Waals surface area contributed by atoms with Gasteiger partial charge in [-0.15, -0.1) is 0 Å². The predicted molar refractivity (Wildman–Crippen MR) is 100 cm³/mol. The van der Waals surface area contributed by atoms with Crippen molar-refractivity contribution in [1.29, 1.82) is 0 Å². The Labute approximate surface area is 152 Å². The highest BCUT2D eigenvalue weighted by Crippen LogP contribution is 2.26. The molecule has 0 aliphatic rings. The van der Waals surface area contributed by atoms with Gasteiger partial charge in [-0.05, 0) is 23.3 Å². The van der Waals surface area contributed by atoms with Crippen molar-refractivity contribution in [2.45, 2.75) is 6.10 Å². The van der Waals surface area contributed by atoms with Gasteiger partial charge in [0.15, 0.2) is 6.10 Å². The van der Waals surface area contributed by atoms with E-state index in [2.05, 4.69) is 0 Å². The number of hydrogen-bond donors (Lipinski definition) is 2. The van der Waals surface area contributed by atoms with Gasteiger partial charge in [-0.3, -0.25) is 4.57 Å². The molecule has 3 aromatic carbocycles. The summed E-state index contributed by atoms with van der Waals surface area (Å²) < 4.78 is 14.5. The van der Waals surface area contributed by atoms with Gasteiger partial charge in [-0.1, -0.05) is 78.9 Å². The molecule has 0 aliphatic carbocycles. The molecule has 0 atom stereocenters. The average Bonchev–Trinajstić information content (AvgIpc) is 2.67. The van der Waals surface area contributed by atoms with Crippen LogP contribution in [0.25, 0.3) is 0 Å².